The van der Waals surface area contributed by atoms with Crippen molar-refractivity contribution in [2.24, 2.45) is 5.41 Å². The second-order valence-electron chi connectivity index (χ2n) is 2.84. The van der Waals surface area contributed by atoms with E-state index in [0.29, 0.717) is 0 Å². The van der Waals surface area contributed by atoms with Crippen molar-refractivity contribution >= 4 is 5.97 Å². The Balaban J connectivity index is 4.12. The van der Waals surface area contributed by atoms with Crippen molar-refractivity contribution in [3.8, 4) is 0 Å². The van der Waals surface area contributed by atoms with E-state index in [1.54, 1.807) is 19.9 Å². The van der Waals surface area contributed by atoms with Crippen LogP contribution in [0.25, 0.3) is 0 Å². The lowest BCUT2D eigenvalue weighted by molar-refractivity contribution is -0.144. The molecule has 1 N–H and O–H groups in total. The lowest BCUT2D eigenvalue weighted by Crippen LogP contribution is -2.20. The van der Waals surface area contributed by atoms with Gasteiger partial charge in [-0.2, -0.15) is 0 Å². The Morgan fingerprint density at radius 3 is 2.40 bits per heavy atom. The summed E-state index contributed by atoms with van der Waals surface area (Å²) in [6.07, 6.45) is 4.47. The standard InChI is InChI=1S/C8H14O2/c1-4-5-6-8(2,3)7(9)10/h5-6H,4H2,1-3H3,(H,9,10). The van der Waals surface area contributed by atoms with Gasteiger partial charge >= 0.3 is 5.97 Å². The van der Waals surface area contributed by atoms with Gasteiger partial charge in [-0.25, -0.2) is 0 Å². The van der Waals surface area contributed by atoms with E-state index in [-0.39, 0.29) is 0 Å². The molecule has 0 radical (unpaired) electrons. The average molecular weight is 142 g/mol. The van der Waals surface area contributed by atoms with Crippen LogP contribution in [-0.4, -0.2) is 11.1 Å². The van der Waals surface area contributed by atoms with Crippen LogP contribution in [0.3, 0.4) is 0 Å². The number of carboxylic acid groups (broad SMARTS) is 1. The van der Waals surface area contributed by atoms with Crippen LogP contribution in [0.5, 0.6) is 0 Å². The third-order valence-electron chi connectivity index (χ3n) is 1.32. The van der Waals surface area contributed by atoms with Gasteiger partial charge in [-0.05, 0) is 20.3 Å². The van der Waals surface area contributed by atoms with Crippen molar-refractivity contribution < 1.29 is 9.90 Å². The van der Waals surface area contributed by atoms with Crippen LogP contribution in [0, 0.1) is 5.41 Å². The summed E-state index contributed by atoms with van der Waals surface area (Å²) >= 11 is 0. The summed E-state index contributed by atoms with van der Waals surface area (Å²) < 4.78 is 0. The summed E-state index contributed by atoms with van der Waals surface area (Å²) in [6.45, 7) is 5.34. The SMILES string of the molecule is CCC=CC(C)(C)C(=O)O. The highest BCUT2D eigenvalue weighted by Crippen LogP contribution is 2.16. The highest BCUT2D eigenvalue weighted by atomic mass is 16.4. The average Bonchev–Trinajstić information content (AvgIpc) is 1.84. The molecule has 0 amide bonds. The Hall–Kier alpha value is -0.790. The van der Waals surface area contributed by atoms with E-state index < -0.39 is 11.4 Å². The normalized spacial score (nSPS) is 12.3. The Kier molecular flexibility index (Phi) is 3.13. The fraction of sp³-hybridized carbons (Fsp3) is 0.625. The smallest absolute Gasteiger partial charge is 0.312 e. The van der Waals surface area contributed by atoms with Gasteiger partial charge < -0.3 is 5.11 Å². The Labute approximate surface area is 61.6 Å². The van der Waals surface area contributed by atoms with Crippen molar-refractivity contribution in [1.82, 2.24) is 0 Å². The van der Waals surface area contributed by atoms with Gasteiger partial charge in [-0.1, -0.05) is 19.1 Å². The predicted octanol–water partition coefficient (Wildman–Crippen LogP) is 2.06. The molecule has 0 heterocycles. The molecule has 0 aliphatic carbocycles. The van der Waals surface area contributed by atoms with Gasteiger partial charge in [0.15, 0.2) is 0 Å². The van der Waals surface area contributed by atoms with Gasteiger partial charge in [0, 0.05) is 0 Å². The molecule has 0 atom stereocenters. The zero-order chi connectivity index (χ0) is 8.20. The van der Waals surface area contributed by atoms with Gasteiger partial charge in [0.25, 0.3) is 0 Å². The molecule has 0 unspecified atom stereocenters. The first-order valence-electron chi connectivity index (χ1n) is 3.42. The Morgan fingerprint density at radius 1 is 1.60 bits per heavy atom. The van der Waals surface area contributed by atoms with Gasteiger partial charge in [0.1, 0.15) is 0 Å². The minimum atomic E-state index is -0.780. The van der Waals surface area contributed by atoms with E-state index in [1.165, 1.54) is 0 Å². The minimum absolute atomic E-state index is 0.712. The molecule has 2 nitrogen and oxygen atoms in total. The number of rotatable bonds is 3. The monoisotopic (exact) mass is 142 g/mol. The van der Waals surface area contributed by atoms with Crippen LogP contribution in [0.4, 0.5) is 0 Å². The molecule has 0 aromatic carbocycles. The molecular formula is C8H14O2. The molecule has 0 aliphatic rings. The molecule has 10 heavy (non-hydrogen) atoms. The van der Waals surface area contributed by atoms with Gasteiger partial charge in [0.05, 0.1) is 5.41 Å². The number of aliphatic carboxylic acids is 1. The van der Waals surface area contributed by atoms with Crippen molar-refractivity contribution in [2.75, 3.05) is 0 Å². The van der Waals surface area contributed by atoms with Crippen molar-refractivity contribution in [3.05, 3.63) is 12.2 Å². The molecule has 0 fully saturated rings. The maximum absolute atomic E-state index is 10.5. The lowest BCUT2D eigenvalue weighted by Gasteiger charge is -2.12. The van der Waals surface area contributed by atoms with E-state index in [4.69, 9.17) is 5.11 Å². The third kappa shape index (κ3) is 2.67. The molecule has 0 saturated carbocycles. The predicted molar refractivity (Wildman–Crippen MR) is 40.8 cm³/mol. The summed E-state index contributed by atoms with van der Waals surface area (Å²) in [5.41, 5.74) is -0.712. The lowest BCUT2D eigenvalue weighted by atomic mass is 9.93. The second kappa shape index (κ2) is 3.40. The van der Waals surface area contributed by atoms with E-state index in [1.807, 2.05) is 13.0 Å². The Morgan fingerprint density at radius 2 is 2.10 bits per heavy atom. The summed E-state index contributed by atoms with van der Waals surface area (Å²) in [4.78, 5) is 10.5. The van der Waals surface area contributed by atoms with Crippen LogP contribution in [-0.2, 0) is 4.79 Å². The summed E-state index contributed by atoms with van der Waals surface area (Å²) in [5.74, 6) is -0.780. The molecule has 0 bridgehead atoms. The van der Waals surface area contributed by atoms with Gasteiger partial charge in [-0.3, -0.25) is 4.79 Å². The van der Waals surface area contributed by atoms with Crippen molar-refractivity contribution in [1.29, 1.82) is 0 Å². The largest absolute Gasteiger partial charge is 0.481 e. The molecule has 0 aromatic heterocycles. The van der Waals surface area contributed by atoms with E-state index >= 15 is 0 Å². The molecule has 0 spiro atoms. The van der Waals surface area contributed by atoms with Crippen LogP contribution < -0.4 is 0 Å². The van der Waals surface area contributed by atoms with Crippen LogP contribution in [0.2, 0.25) is 0 Å². The number of allylic oxidation sites excluding steroid dienone is 1. The Bertz CT molecular complexity index is 145. The molecule has 0 aromatic rings. The fourth-order valence-corrected chi connectivity index (χ4v) is 0.484. The van der Waals surface area contributed by atoms with Crippen LogP contribution in [0.1, 0.15) is 27.2 Å². The molecular weight excluding hydrogens is 128 g/mol. The summed E-state index contributed by atoms with van der Waals surface area (Å²) in [5, 5.41) is 8.62. The summed E-state index contributed by atoms with van der Waals surface area (Å²) in [6, 6.07) is 0. The maximum Gasteiger partial charge on any atom is 0.312 e. The minimum Gasteiger partial charge on any atom is -0.481 e. The van der Waals surface area contributed by atoms with E-state index in [0.717, 1.165) is 6.42 Å². The molecule has 0 saturated heterocycles. The molecule has 2 heteroatoms. The maximum atomic E-state index is 10.5. The van der Waals surface area contributed by atoms with Crippen LogP contribution >= 0.6 is 0 Å². The number of carboxylic acids is 1. The number of carbonyl (C=O) groups is 1. The third-order valence-corrected chi connectivity index (χ3v) is 1.32. The second-order valence-corrected chi connectivity index (χ2v) is 2.84. The fourth-order valence-electron chi connectivity index (χ4n) is 0.484. The first-order chi connectivity index (χ1) is 4.50. The van der Waals surface area contributed by atoms with Crippen molar-refractivity contribution in [3.63, 3.8) is 0 Å². The highest BCUT2D eigenvalue weighted by molar-refractivity contribution is 5.75. The molecule has 0 aliphatic heterocycles. The zero-order valence-corrected chi connectivity index (χ0v) is 6.72. The quantitative estimate of drug-likeness (QED) is 0.612. The molecule has 0 rings (SSSR count). The van der Waals surface area contributed by atoms with E-state index in [9.17, 15) is 4.79 Å². The summed E-state index contributed by atoms with van der Waals surface area (Å²) in [7, 11) is 0. The first-order valence-corrected chi connectivity index (χ1v) is 3.42. The van der Waals surface area contributed by atoms with Crippen LogP contribution in [0.15, 0.2) is 12.2 Å². The van der Waals surface area contributed by atoms with Gasteiger partial charge in [0.2, 0.25) is 0 Å². The first kappa shape index (κ1) is 9.21. The van der Waals surface area contributed by atoms with Gasteiger partial charge in [-0.15, -0.1) is 0 Å². The number of hydrogen-bond donors (Lipinski definition) is 1. The highest BCUT2D eigenvalue weighted by Gasteiger charge is 2.22. The van der Waals surface area contributed by atoms with E-state index in [2.05, 4.69) is 0 Å². The molecule has 58 valence electrons. The zero-order valence-electron chi connectivity index (χ0n) is 6.72. The van der Waals surface area contributed by atoms with Crippen molar-refractivity contribution in [2.45, 2.75) is 27.2 Å². The number of hydrogen-bond acceptors (Lipinski definition) is 1. The topological polar surface area (TPSA) is 37.3 Å².